The summed E-state index contributed by atoms with van der Waals surface area (Å²) >= 11 is 0. The van der Waals surface area contributed by atoms with Crippen LogP contribution in [-0.2, 0) is 16.0 Å². The van der Waals surface area contributed by atoms with Crippen molar-refractivity contribution in [3.8, 4) is 0 Å². The number of carbonyl (C=O) groups is 3. The summed E-state index contributed by atoms with van der Waals surface area (Å²) in [6.45, 7) is 1.68. The topological polar surface area (TPSA) is 95.5 Å². The number of hydrogen-bond acceptors (Lipinski definition) is 3. The van der Waals surface area contributed by atoms with Crippen LogP contribution in [0.1, 0.15) is 29.3 Å². The van der Waals surface area contributed by atoms with Crippen LogP contribution in [0.4, 0.5) is 5.69 Å². The lowest BCUT2D eigenvalue weighted by Crippen LogP contribution is -2.40. The van der Waals surface area contributed by atoms with Crippen LogP contribution in [0.2, 0.25) is 0 Å². The standard InChI is InChI=1S/C13H14N2O4/c1-2-9(13(18)19)15-12(17)7-3-4-10-8(5-7)6-11(16)14-10/h3-5,9H,2,6H2,1H3,(H,14,16)(H,15,17)(H,18,19)/t9-/m1/s1. The van der Waals surface area contributed by atoms with E-state index in [1.165, 1.54) is 0 Å². The first-order valence-electron chi connectivity index (χ1n) is 5.97. The van der Waals surface area contributed by atoms with E-state index in [-0.39, 0.29) is 12.3 Å². The molecule has 0 spiro atoms. The zero-order valence-corrected chi connectivity index (χ0v) is 10.4. The molecule has 1 atom stereocenters. The number of anilines is 1. The molecule has 6 nitrogen and oxygen atoms in total. The number of amides is 2. The fourth-order valence-electron chi connectivity index (χ4n) is 1.95. The van der Waals surface area contributed by atoms with Crippen LogP contribution < -0.4 is 10.6 Å². The van der Waals surface area contributed by atoms with Crippen LogP contribution in [0, 0.1) is 0 Å². The number of fused-ring (bicyclic) bond motifs is 1. The van der Waals surface area contributed by atoms with Crippen molar-refractivity contribution in [2.75, 3.05) is 5.32 Å². The Bertz CT molecular complexity index is 554. The number of carboxylic acids is 1. The molecule has 0 aliphatic carbocycles. The van der Waals surface area contributed by atoms with Gasteiger partial charge in [-0.05, 0) is 30.2 Å². The fourth-order valence-corrected chi connectivity index (χ4v) is 1.95. The third kappa shape index (κ3) is 2.73. The van der Waals surface area contributed by atoms with Gasteiger partial charge in [0.25, 0.3) is 5.91 Å². The minimum atomic E-state index is -1.06. The van der Waals surface area contributed by atoms with Gasteiger partial charge in [-0.2, -0.15) is 0 Å². The minimum absolute atomic E-state index is 0.107. The molecule has 0 aromatic heterocycles. The number of aliphatic carboxylic acids is 1. The molecule has 0 unspecified atom stereocenters. The minimum Gasteiger partial charge on any atom is -0.480 e. The van der Waals surface area contributed by atoms with Gasteiger partial charge in [-0.3, -0.25) is 9.59 Å². The van der Waals surface area contributed by atoms with E-state index in [1.54, 1.807) is 25.1 Å². The maximum absolute atomic E-state index is 11.9. The van der Waals surface area contributed by atoms with Crippen LogP contribution in [-0.4, -0.2) is 28.9 Å². The second kappa shape index (κ2) is 5.09. The summed E-state index contributed by atoms with van der Waals surface area (Å²) in [7, 11) is 0. The molecule has 1 heterocycles. The summed E-state index contributed by atoms with van der Waals surface area (Å²) in [4.78, 5) is 34.0. The molecule has 3 N–H and O–H groups in total. The van der Waals surface area contributed by atoms with Gasteiger partial charge >= 0.3 is 5.97 Å². The molecule has 0 bridgehead atoms. The van der Waals surface area contributed by atoms with E-state index in [1.807, 2.05) is 0 Å². The van der Waals surface area contributed by atoms with Crippen molar-refractivity contribution in [1.29, 1.82) is 0 Å². The molecular weight excluding hydrogens is 248 g/mol. The molecule has 100 valence electrons. The van der Waals surface area contributed by atoms with Gasteiger partial charge in [-0.25, -0.2) is 4.79 Å². The molecule has 2 rings (SSSR count). The predicted molar refractivity (Wildman–Crippen MR) is 68.0 cm³/mol. The van der Waals surface area contributed by atoms with Gasteiger partial charge in [0.1, 0.15) is 6.04 Å². The van der Waals surface area contributed by atoms with Crippen molar-refractivity contribution < 1.29 is 19.5 Å². The molecule has 0 radical (unpaired) electrons. The Morgan fingerprint density at radius 2 is 2.21 bits per heavy atom. The highest BCUT2D eigenvalue weighted by Crippen LogP contribution is 2.23. The quantitative estimate of drug-likeness (QED) is 0.747. The highest BCUT2D eigenvalue weighted by Gasteiger charge is 2.21. The van der Waals surface area contributed by atoms with Crippen LogP contribution >= 0.6 is 0 Å². The number of carboxylic acid groups (broad SMARTS) is 1. The Hall–Kier alpha value is -2.37. The molecule has 2 amide bonds. The summed E-state index contributed by atoms with van der Waals surface area (Å²) in [5, 5.41) is 14.0. The molecule has 1 aliphatic rings. The van der Waals surface area contributed by atoms with Crippen molar-refractivity contribution in [1.82, 2.24) is 5.32 Å². The smallest absolute Gasteiger partial charge is 0.326 e. The first kappa shape index (κ1) is 13.1. The van der Waals surface area contributed by atoms with Crippen LogP contribution in [0.25, 0.3) is 0 Å². The molecule has 6 heteroatoms. The maximum Gasteiger partial charge on any atom is 0.326 e. The van der Waals surface area contributed by atoms with Crippen molar-refractivity contribution in [2.24, 2.45) is 0 Å². The zero-order valence-electron chi connectivity index (χ0n) is 10.4. The van der Waals surface area contributed by atoms with E-state index >= 15 is 0 Å². The summed E-state index contributed by atoms with van der Waals surface area (Å²) in [6.07, 6.45) is 0.554. The van der Waals surface area contributed by atoms with E-state index in [2.05, 4.69) is 10.6 Å². The van der Waals surface area contributed by atoms with Crippen LogP contribution in [0.15, 0.2) is 18.2 Å². The molecule has 1 aromatic rings. The lowest BCUT2D eigenvalue weighted by molar-refractivity contribution is -0.139. The Kier molecular flexibility index (Phi) is 3.50. The van der Waals surface area contributed by atoms with Crippen LogP contribution in [0.3, 0.4) is 0 Å². The van der Waals surface area contributed by atoms with Gasteiger partial charge in [0.05, 0.1) is 6.42 Å². The van der Waals surface area contributed by atoms with Crippen molar-refractivity contribution in [3.05, 3.63) is 29.3 Å². The Morgan fingerprint density at radius 1 is 1.47 bits per heavy atom. The number of nitrogens with one attached hydrogen (secondary N) is 2. The Balaban J connectivity index is 2.15. The van der Waals surface area contributed by atoms with Gasteiger partial charge in [-0.15, -0.1) is 0 Å². The average molecular weight is 262 g/mol. The molecular formula is C13H14N2O4. The van der Waals surface area contributed by atoms with E-state index < -0.39 is 17.9 Å². The normalized spacial score (nSPS) is 14.5. The van der Waals surface area contributed by atoms with Crippen LogP contribution in [0.5, 0.6) is 0 Å². The monoisotopic (exact) mass is 262 g/mol. The van der Waals surface area contributed by atoms with Gasteiger partial charge in [0.2, 0.25) is 5.91 Å². The summed E-state index contributed by atoms with van der Waals surface area (Å²) in [6, 6.07) is 3.92. The van der Waals surface area contributed by atoms with Crippen molar-refractivity contribution in [2.45, 2.75) is 25.8 Å². The maximum atomic E-state index is 11.9. The first-order valence-corrected chi connectivity index (χ1v) is 5.97. The summed E-state index contributed by atoms with van der Waals surface area (Å²) < 4.78 is 0. The fraction of sp³-hybridized carbons (Fsp3) is 0.308. The SMILES string of the molecule is CC[C@@H](NC(=O)c1ccc2c(c1)CC(=O)N2)C(=O)O. The third-order valence-corrected chi connectivity index (χ3v) is 3.00. The van der Waals surface area contributed by atoms with Gasteiger partial charge in [0, 0.05) is 11.3 Å². The van der Waals surface area contributed by atoms with E-state index in [4.69, 9.17) is 5.11 Å². The molecule has 0 saturated heterocycles. The molecule has 0 saturated carbocycles. The Morgan fingerprint density at radius 3 is 2.84 bits per heavy atom. The first-order chi connectivity index (χ1) is 9.01. The molecule has 19 heavy (non-hydrogen) atoms. The van der Waals surface area contributed by atoms with Gasteiger partial charge < -0.3 is 15.7 Å². The lowest BCUT2D eigenvalue weighted by Gasteiger charge is -2.12. The van der Waals surface area contributed by atoms with Gasteiger partial charge in [0.15, 0.2) is 0 Å². The number of hydrogen-bond donors (Lipinski definition) is 3. The third-order valence-electron chi connectivity index (χ3n) is 3.00. The largest absolute Gasteiger partial charge is 0.480 e. The summed E-state index contributed by atoms with van der Waals surface area (Å²) in [5.74, 6) is -1.62. The van der Waals surface area contributed by atoms with E-state index in [0.717, 1.165) is 5.56 Å². The van der Waals surface area contributed by atoms with Gasteiger partial charge in [-0.1, -0.05) is 6.92 Å². The van der Waals surface area contributed by atoms with E-state index in [0.29, 0.717) is 17.7 Å². The predicted octanol–water partition coefficient (Wildman–Crippen LogP) is 0.774. The molecule has 1 aromatic carbocycles. The van der Waals surface area contributed by atoms with Crippen molar-refractivity contribution in [3.63, 3.8) is 0 Å². The highest BCUT2D eigenvalue weighted by atomic mass is 16.4. The number of benzene rings is 1. The summed E-state index contributed by atoms with van der Waals surface area (Å²) in [5.41, 5.74) is 1.81. The number of rotatable bonds is 4. The average Bonchev–Trinajstić information content (AvgIpc) is 2.74. The molecule has 1 aliphatic heterocycles. The Labute approximate surface area is 109 Å². The second-order valence-electron chi connectivity index (χ2n) is 4.37. The molecule has 0 fully saturated rings. The lowest BCUT2D eigenvalue weighted by atomic mass is 10.1. The zero-order chi connectivity index (χ0) is 14.0. The number of carbonyl (C=O) groups excluding carboxylic acids is 2. The van der Waals surface area contributed by atoms with Crippen molar-refractivity contribution >= 4 is 23.5 Å². The second-order valence-corrected chi connectivity index (χ2v) is 4.37. The highest BCUT2D eigenvalue weighted by molar-refractivity contribution is 6.02. The van der Waals surface area contributed by atoms with E-state index in [9.17, 15) is 14.4 Å².